The predicted octanol–water partition coefficient (Wildman–Crippen LogP) is 14.1. The topological polar surface area (TPSA) is 289 Å². The zero-order valence-corrected chi connectivity index (χ0v) is 58.0. The smallest absolute Gasteiger partial charge is 0.462 e. The molecule has 0 saturated carbocycles. The molecule has 2 rings (SSSR count). The number of phosphoric acid groups is 1. The fourth-order valence-electron chi connectivity index (χ4n) is 12.5. The summed E-state index contributed by atoms with van der Waals surface area (Å²) in [7, 11) is -5.32. The summed E-state index contributed by atoms with van der Waals surface area (Å²) in [5.41, 5.74) is 0. The highest BCUT2D eigenvalue weighted by Crippen LogP contribution is 2.42. The Bertz CT molecular complexity index is 1770. The Morgan fingerprint density at radius 1 is 0.456 bits per heavy atom. The number of carbonyl (C=O) groups excluding carboxylic acids is 3. The third kappa shape index (κ3) is 41.9. The Morgan fingerprint density at radius 3 is 1.26 bits per heavy atom. The van der Waals surface area contributed by atoms with Gasteiger partial charge in [-0.1, -0.05) is 285 Å². The maximum atomic E-state index is 14.1. The lowest BCUT2D eigenvalue weighted by Gasteiger charge is -2.45. The van der Waals surface area contributed by atoms with E-state index in [0.717, 1.165) is 96.3 Å². The van der Waals surface area contributed by atoms with E-state index in [2.05, 4.69) is 38.3 Å². The first kappa shape index (κ1) is 84.2. The summed E-state index contributed by atoms with van der Waals surface area (Å²) in [6, 6.07) is -2.86. The van der Waals surface area contributed by atoms with E-state index in [0.29, 0.717) is 32.1 Å². The first-order valence-corrected chi connectivity index (χ1v) is 38.5. The minimum absolute atomic E-state index is 0.200. The average Bonchev–Trinajstić information content (AvgIpc) is 1.88. The molecule has 0 unspecified atom stereocenters. The van der Waals surface area contributed by atoms with Crippen molar-refractivity contribution in [1.82, 2.24) is 10.6 Å². The molecule has 2 saturated heterocycles. The second-order valence-corrected chi connectivity index (χ2v) is 27.7. The lowest BCUT2D eigenvalue weighted by atomic mass is 9.95. The largest absolute Gasteiger partial charge is 0.470 e. The average molecular weight is 1310 g/mol. The molecule has 2 amide bonds. The van der Waals surface area contributed by atoms with E-state index in [1.807, 2.05) is 0 Å². The monoisotopic (exact) mass is 1310 g/mol. The molecule has 0 aliphatic carbocycles. The number of phosphoric ester groups is 1. The zero-order valence-electron chi connectivity index (χ0n) is 57.2. The number of hydrogen-bond donors (Lipinski definition) is 9. The Kier molecular flexibility index (Phi) is 51.8. The number of unbranched alkanes of at least 4 members (excludes halogenated alkanes) is 39. The van der Waals surface area contributed by atoms with Crippen molar-refractivity contribution in [2.24, 2.45) is 0 Å². The van der Waals surface area contributed by atoms with Crippen LogP contribution < -0.4 is 10.6 Å². The van der Waals surface area contributed by atoms with E-state index in [4.69, 9.17) is 28.2 Å². The van der Waals surface area contributed by atoms with Crippen molar-refractivity contribution in [2.45, 2.75) is 409 Å². The molecular weight excluding hydrogens is 1170 g/mol. The fraction of sp³-hybridized carbons (Fsp3) is 0.957. The lowest BCUT2D eigenvalue weighted by Crippen LogP contribution is -2.67. The molecule has 12 atom stereocenters. The molecule has 19 nitrogen and oxygen atoms in total. The molecule has 2 heterocycles. The predicted molar refractivity (Wildman–Crippen MR) is 355 cm³/mol. The van der Waals surface area contributed by atoms with E-state index < -0.39 is 112 Å². The third-order valence-electron chi connectivity index (χ3n) is 18.1. The van der Waals surface area contributed by atoms with Crippen molar-refractivity contribution in [1.29, 1.82) is 0 Å². The Morgan fingerprint density at radius 2 is 0.822 bits per heavy atom. The SMILES string of the molecule is CCCCCCCCCCCCCCCCCCO[C@H]1O[C@H](CO[C@@H]2O[C@H](CO)[C@@H](OP(=O)(O)O)[C@H](O)[C@H]2NC(=O)C[C@@H](CCCCCCCCCCC)OC(=O)CCCCCCCCCCC)[C@@H](O)[C@H](O)[C@H]1NC(=O)C[C@H](O)CCCCCCCCCCC. The van der Waals surface area contributed by atoms with Crippen LogP contribution in [0.4, 0.5) is 0 Å². The number of nitrogens with one attached hydrogen (secondary N) is 2. The Hall–Kier alpha value is -1.84. The summed E-state index contributed by atoms with van der Waals surface area (Å²) in [4.78, 5) is 60.7. The highest BCUT2D eigenvalue weighted by molar-refractivity contribution is 7.46. The molecule has 2 aliphatic rings. The van der Waals surface area contributed by atoms with Gasteiger partial charge in [-0.2, -0.15) is 0 Å². The third-order valence-corrected chi connectivity index (χ3v) is 18.6. The molecule has 0 aromatic heterocycles. The summed E-state index contributed by atoms with van der Waals surface area (Å²) < 4.78 is 47.8. The number of ether oxygens (including phenoxy) is 5. The number of esters is 1. The van der Waals surface area contributed by atoms with Gasteiger partial charge in [0.15, 0.2) is 12.6 Å². The van der Waals surface area contributed by atoms with Crippen molar-refractivity contribution in [2.75, 3.05) is 19.8 Å². The van der Waals surface area contributed by atoms with Crippen LogP contribution in [0.25, 0.3) is 0 Å². The number of hydrogen-bond acceptors (Lipinski definition) is 15. The molecule has 9 N–H and O–H groups in total. The van der Waals surface area contributed by atoms with Crippen LogP contribution >= 0.6 is 7.82 Å². The molecule has 2 fully saturated rings. The number of aliphatic hydroxyl groups excluding tert-OH is 5. The number of rotatable bonds is 61. The highest BCUT2D eigenvalue weighted by atomic mass is 31.2. The molecule has 532 valence electrons. The van der Waals surface area contributed by atoms with Gasteiger partial charge in [-0.25, -0.2) is 4.57 Å². The minimum Gasteiger partial charge on any atom is -0.462 e. The first-order valence-electron chi connectivity index (χ1n) is 37.0. The molecule has 20 heteroatoms. The van der Waals surface area contributed by atoms with E-state index in [-0.39, 0.29) is 25.9 Å². The van der Waals surface area contributed by atoms with Crippen molar-refractivity contribution in [3.05, 3.63) is 0 Å². The van der Waals surface area contributed by atoms with Crippen LogP contribution in [0.1, 0.15) is 336 Å². The molecule has 0 radical (unpaired) electrons. The second kappa shape index (κ2) is 55.3. The molecular formula is C70H135N2O17P. The van der Waals surface area contributed by atoms with E-state index in [1.165, 1.54) is 161 Å². The van der Waals surface area contributed by atoms with Crippen LogP contribution in [0.15, 0.2) is 0 Å². The van der Waals surface area contributed by atoms with Gasteiger partial charge in [-0.05, 0) is 32.1 Å². The van der Waals surface area contributed by atoms with E-state index in [9.17, 15) is 54.3 Å². The number of carbonyl (C=O) groups is 3. The highest BCUT2D eigenvalue weighted by Gasteiger charge is 2.51. The van der Waals surface area contributed by atoms with Crippen molar-refractivity contribution < 1.29 is 82.5 Å². The van der Waals surface area contributed by atoms with Crippen molar-refractivity contribution in [3.8, 4) is 0 Å². The number of amides is 2. The summed E-state index contributed by atoms with van der Waals surface area (Å²) >= 11 is 0. The van der Waals surface area contributed by atoms with Gasteiger partial charge < -0.3 is 69.6 Å². The van der Waals surface area contributed by atoms with Gasteiger partial charge >= 0.3 is 13.8 Å². The molecule has 0 aromatic carbocycles. The minimum atomic E-state index is -5.32. The maximum absolute atomic E-state index is 14.1. The van der Waals surface area contributed by atoms with Gasteiger partial charge in [0.25, 0.3) is 0 Å². The molecule has 2 aliphatic heterocycles. The van der Waals surface area contributed by atoms with Crippen LogP contribution in [0, 0.1) is 0 Å². The van der Waals surface area contributed by atoms with Gasteiger partial charge in [-0.3, -0.25) is 18.9 Å². The van der Waals surface area contributed by atoms with Gasteiger partial charge in [0.2, 0.25) is 11.8 Å². The van der Waals surface area contributed by atoms with Crippen LogP contribution in [-0.4, -0.2) is 146 Å². The summed E-state index contributed by atoms with van der Waals surface area (Å²) in [6.07, 6.45) is 34.1. The van der Waals surface area contributed by atoms with Gasteiger partial charge in [0.1, 0.15) is 54.8 Å². The van der Waals surface area contributed by atoms with Gasteiger partial charge in [-0.15, -0.1) is 0 Å². The van der Waals surface area contributed by atoms with Gasteiger partial charge in [0, 0.05) is 13.0 Å². The van der Waals surface area contributed by atoms with E-state index in [1.54, 1.807) is 0 Å². The Balaban J connectivity index is 2.21. The summed E-state index contributed by atoms with van der Waals surface area (Å²) in [5.74, 6) is -1.67. The van der Waals surface area contributed by atoms with E-state index >= 15 is 0 Å². The normalized spacial score (nSPS) is 22.8. The number of aliphatic hydroxyl groups is 5. The zero-order chi connectivity index (χ0) is 65.9. The van der Waals surface area contributed by atoms with Crippen LogP contribution in [0.5, 0.6) is 0 Å². The fourth-order valence-corrected chi connectivity index (χ4v) is 13.0. The van der Waals surface area contributed by atoms with Crippen LogP contribution in [0.3, 0.4) is 0 Å². The summed E-state index contributed by atoms with van der Waals surface area (Å²) in [5, 5.41) is 61.9. The summed E-state index contributed by atoms with van der Waals surface area (Å²) in [6.45, 7) is 7.56. The molecule has 0 aromatic rings. The van der Waals surface area contributed by atoms with Crippen LogP contribution in [-0.2, 0) is 47.2 Å². The van der Waals surface area contributed by atoms with Crippen molar-refractivity contribution >= 4 is 25.6 Å². The van der Waals surface area contributed by atoms with Gasteiger partial charge in [0.05, 0.1) is 32.2 Å². The quantitative estimate of drug-likeness (QED) is 0.0155. The molecule has 0 spiro atoms. The lowest BCUT2D eigenvalue weighted by molar-refractivity contribution is -0.302. The van der Waals surface area contributed by atoms with Crippen LogP contribution in [0.2, 0.25) is 0 Å². The van der Waals surface area contributed by atoms with Crippen molar-refractivity contribution in [3.63, 3.8) is 0 Å². The standard InChI is InChI=1S/C70H135N2O17P/c1-5-9-13-17-21-25-26-27-28-29-30-31-35-39-43-47-51-84-69-63(71-60(75)52-56(74)48-44-40-36-32-22-18-14-10-6-2)66(79)65(78)59(88-69)55-85-70-64(67(80)68(58(54-73)87-70)89-90(81,82)83)72-61(76)53-57(49-45-41-37-33-23-19-15-11-7-3)86-62(77)50-46-42-38-34-24-20-16-12-8-4/h56-59,63-70,73-74,78-80H,5-55H2,1-4H3,(H,71,75)(H,72,76)(H2,81,82,83)/t56-,57-,58-,59-,63-,64-,65-,66-,67-,68-,69+,70-/m1/s1. The Labute approximate surface area is 545 Å². The molecule has 0 bridgehead atoms. The second-order valence-electron chi connectivity index (χ2n) is 26.5. The molecule has 90 heavy (non-hydrogen) atoms. The maximum Gasteiger partial charge on any atom is 0.470 e. The first-order chi connectivity index (χ1) is 43.6.